The summed E-state index contributed by atoms with van der Waals surface area (Å²) in [4.78, 5) is 17.7. The van der Waals surface area contributed by atoms with Crippen molar-refractivity contribution in [2.24, 2.45) is 5.73 Å². The highest BCUT2D eigenvalue weighted by molar-refractivity contribution is 7.14. The third-order valence-corrected chi connectivity index (χ3v) is 3.87. The van der Waals surface area contributed by atoms with Crippen molar-refractivity contribution in [2.45, 2.75) is 13.8 Å². The zero-order valence-electron chi connectivity index (χ0n) is 11.4. The molecule has 0 saturated carbocycles. The van der Waals surface area contributed by atoms with Gasteiger partial charge in [-0.3, -0.25) is 9.78 Å². The van der Waals surface area contributed by atoms with Crippen LogP contribution in [0.4, 0.5) is 5.69 Å². The van der Waals surface area contributed by atoms with Crippen molar-refractivity contribution < 1.29 is 4.79 Å². The van der Waals surface area contributed by atoms with E-state index in [0.717, 1.165) is 21.7 Å². The molecule has 0 radical (unpaired) electrons. The third-order valence-electron chi connectivity index (χ3n) is 2.71. The lowest BCUT2D eigenvalue weighted by molar-refractivity contribution is 0.103. The van der Waals surface area contributed by atoms with Gasteiger partial charge in [0.1, 0.15) is 0 Å². The van der Waals surface area contributed by atoms with Gasteiger partial charge in [-0.15, -0.1) is 11.3 Å². The molecule has 2 heterocycles. The molecular formula is C15H15N3OS. The molecule has 2 aromatic heterocycles. The number of amides is 1. The van der Waals surface area contributed by atoms with Gasteiger partial charge in [0.15, 0.2) is 0 Å². The molecule has 0 aliphatic rings. The smallest absolute Gasteiger partial charge is 0.265 e. The van der Waals surface area contributed by atoms with Crippen molar-refractivity contribution in [1.29, 1.82) is 0 Å². The van der Waals surface area contributed by atoms with Crippen molar-refractivity contribution in [3.05, 3.63) is 45.4 Å². The molecule has 2 rings (SSSR count). The van der Waals surface area contributed by atoms with Crippen LogP contribution in [0.2, 0.25) is 0 Å². The molecule has 2 aromatic rings. The van der Waals surface area contributed by atoms with Crippen molar-refractivity contribution in [3.63, 3.8) is 0 Å². The number of pyridine rings is 1. The standard InChI is InChI=1S/C15H15N3OS/c1-10-8-14(20-13(10)4-3-6-16)15(19)18-12-5-7-17-9-11(12)2/h5,7-9H,6,16H2,1-2H3,(H,17,18,19). The van der Waals surface area contributed by atoms with Gasteiger partial charge in [0, 0.05) is 18.1 Å². The lowest BCUT2D eigenvalue weighted by atomic mass is 10.2. The number of rotatable bonds is 2. The van der Waals surface area contributed by atoms with Crippen LogP contribution in [0.15, 0.2) is 24.5 Å². The summed E-state index contributed by atoms with van der Waals surface area (Å²) in [6, 6.07) is 3.62. The summed E-state index contributed by atoms with van der Waals surface area (Å²) in [5, 5.41) is 2.88. The first-order valence-electron chi connectivity index (χ1n) is 6.13. The van der Waals surface area contributed by atoms with Crippen molar-refractivity contribution in [2.75, 3.05) is 11.9 Å². The summed E-state index contributed by atoms with van der Waals surface area (Å²) in [6.45, 7) is 4.15. The molecule has 0 bridgehead atoms. The van der Waals surface area contributed by atoms with E-state index in [1.165, 1.54) is 11.3 Å². The first-order chi connectivity index (χ1) is 9.61. The van der Waals surface area contributed by atoms with E-state index in [2.05, 4.69) is 22.1 Å². The molecule has 0 fully saturated rings. The van der Waals surface area contributed by atoms with E-state index in [-0.39, 0.29) is 5.91 Å². The number of aromatic nitrogens is 1. The van der Waals surface area contributed by atoms with Gasteiger partial charge in [0.2, 0.25) is 0 Å². The van der Waals surface area contributed by atoms with E-state index in [0.29, 0.717) is 11.4 Å². The summed E-state index contributed by atoms with van der Waals surface area (Å²) >= 11 is 1.38. The van der Waals surface area contributed by atoms with Crippen LogP contribution in [0.5, 0.6) is 0 Å². The molecule has 0 atom stereocenters. The maximum absolute atomic E-state index is 12.2. The Hall–Kier alpha value is -2.16. The fourth-order valence-electron chi connectivity index (χ4n) is 1.65. The molecule has 0 aromatic carbocycles. The molecule has 0 saturated heterocycles. The van der Waals surface area contributed by atoms with Crippen LogP contribution in [0.25, 0.3) is 0 Å². The number of nitrogens with one attached hydrogen (secondary N) is 1. The first-order valence-corrected chi connectivity index (χ1v) is 6.95. The average molecular weight is 285 g/mol. The minimum atomic E-state index is -0.131. The van der Waals surface area contributed by atoms with Crippen LogP contribution in [0, 0.1) is 25.7 Å². The number of carbonyl (C=O) groups is 1. The van der Waals surface area contributed by atoms with Crippen molar-refractivity contribution >= 4 is 22.9 Å². The minimum absolute atomic E-state index is 0.131. The van der Waals surface area contributed by atoms with Gasteiger partial charge in [-0.25, -0.2) is 0 Å². The predicted molar refractivity (Wildman–Crippen MR) is 81.9 cm³/mol. The van der Waals surface area contributed by atoms with E-state index >= 15 is 0 Å². The maximum atomic E-state index is 12.2. The Morgan fingerprint density at radius 1 is 1.45 bits per heavy atom. The summed E-state index contributed by atoms with van der Waals surface area (Å²) in [7, 11) is 0. The second kappa shape index (κ2) is 6.33. The van der Waals surface area contributed by atoms with E-state index in [4.69, 9.17) is 5.73 Å². The largest absolute Gasteiger partial charge is 0.321 e. The number of anilines is 1. The molecule has 102 valence electrons. The fraction of sp³-hybridized carbons (Fsp3) is 0.200. The van der Waals surface area contributed by atoms with Crippen molar-refractivity contribution in [1.82, 2.24) is 4.98 Å². The molecule has 0 spiro atoms. The minimum Gasteiger partial charge on any atom is -0.321 e. The van der Waals surface area contributed by atoms with Crippen LogP contribution < -0.4 is 11.1 Å². The van der Waals surface area contributed by atoms with Gasteiger partial charge in [-0.05, 0) is 37.1 Å². The number of carbonyl (C=O) groups excluding carboxylic acids is 1. The molecule has 1 amide bonds. The number of hydrogen-bond acceptors (Lipinski definition) is 4. The monoisotopic (exact) mass is 285 g/mol. The van der Waals surface area contributed by atoms with E-state index in [1.54, 1.807) is 18.5 Å². The second-order valence-corrected chi connectivity index (χ2v) is 5.33. The quantitative estimate of drug-likeness (QED) is 0.832. The van der Waals surface area contributed by atoms with E-state index in [9.17, 15) is 4.79 Å². The van der Waals surface area contributed by atoms with Gasteiger partial charge < -0.3 is 11.1 Å². The third kappa shape index (κ3) is 3.23. The number of nitrogens with zero attached hydrogens (tertiary/aromatic N) is 1. The Morgan fingerprint density at radius 3 is 2.95 bits per heavy atom. The van der Waals surface area contributed by atoms with Crippen LogP contribution in [-0.2, 0) is 0 Å². The van der Waals surface area contributed by atoms with Crippen LogP contribution in [0.1, 0.15) is 25.7 Å². The number of hydrogen-bond donors (Lipinski definition) is 2. The SMILES string of the molecule is Cc1cnccc1NC(=O)c1cc(C)c(C#CCN)s1. The lowest BCUT2D eigenvalue weighted by Crippen LogP contribution is -2.11. The summed E-state index contributed by atoms with van der Waals surface area (Å²) in [6.07, 6.45) is 3.37. The highest BCUT2D eigenvalue weighted by Gasteiger charge is 2.12. The topological polar surface area (TPSA) is 68.0 Å². The molecular weight excluding hydrogens is 270 g/mol. The van der Waals surface area contributed by atoms with Crippen LogP contribution in [0.3, 0.4) is 0 Å². The second-order valence-electron chi connectivity index (χ2n) is 4.27. The molecule has 0 aliphatic carbocycles. The number of nitrogens with two attached hydrogens (primary N) is 1. The van der Waals surface area contributed by atoms with Gasteiger partial charge >= 0.3 is 0 Å². The van der Waals surface area contributed by atoms with Gasteiger partial charge in [0.05, 0.1) is 16.3 Å². The molecule has 0 aliphatic heterocycles. The summed E-state index contributed by atoms with van der Waals surface area (Å²) < 4.78 is 0. The average Bonchev–Trinajstić information content (AvgIpc) is 2.80. The van der Waals surface area contributed by atoms with Gasteiger partial charge in [0.25, 0.3) is 5.91 Å². The Labute approximate surface area is 122 Å². The predicted octanol–water partition coefficient (Wildman–Crippen LogP) is 2.32. The normalized spacial score (nSPS) is 9.75. The highest BCUT2D eigenvalue weighted by atomic mass is 32.1. The number of aryl methyl sites for hydroxylation is 2. The molecule has 5 heteroatoms. The van der Waals surface area contributed by atoms with Gasteiger partial charge in [-0.1, -0.05) is 11.8 Å². The fourth-order valence-corrected chi connectivity index (χ4v) is 2.59. The van der Waals surface area contributed by atoms with E-state index in [1.807, 2.05) is 19.9 Å². The Kier molecular flexibility index (Phi) is 4.51. The van der Waals surface area contributed by atoms with Crippen LogP contribution in [-0.4, -0.2) is 17.4 Å². The Bertz CT molecular complexity index is 695. The zero-order valence-corrected chi connectivity index (χ0v) is 12.2. The van der Waals surface area contributed by atoms with Gasteiger partial charge in [-0.2, -0.15) is 0 Å². The maximum Gasteiger partial charge on any atom is 0.265 e. The summed E-state index contributed by atoms with van der Waals surface area (Å²) in [5.74, 6) is 5.65. The van der Waals surface area contributed by atoms with Crippen molar-refractivity contribution in [3.8, 4) is 11.8 Å². The molecule has 3 N–H and O–H groups in total. The zero-order chi connectivity index (χ0) is 14.5. The number of thiophene rings is 1. The van der Waals surface area contributed by atoms with E-state index < -0.39 is 0 Å². The lowest BCUT2D eigenvalue weighted by Gasteiger charge is -2.05. The Balaban J connectivity index is 2.20. The first kappa shape index (κ1) is 14.3. The Morgan fingerprint density at radius 2 is 2.25 bits per heavy atom. The van der Waals surface area contributed by atoms with Crippen LogP contribution >= 0.6 is 11.3 Å². The highest BCUT2D eigenvalue weighted by Crippen LogP contribution is 2.22. The molecule has 0 unspecified atom stereocenters. The summed E-state index contributed by atoms with van der Waals surface area (Å²) in [5.41, 5.74) is 8.05. The molecule has 4 nitrogen and oxygen atoms in total. The molecule has 20 heavy (non-hydrogen) atoms.